The van der Waals surface area contributed by atoms with Crippen LogP contribution in [0.15, 0.2) is 24.3 Å². The number of hydrogen-bond acceptors (Lipinski definition) is 3. The SMILES string of the molecule is COC(=O)Cc1cccc(B2CC(C)(C)C(C)(C)O2)c1. The zero-order valence-electron chi connectivity index (χ0n) is 13.0. The molecule has 0 aliphatic carbocycles. The minimum atomic E-state index is -0.213. The Bertz CT molecular complexity index is 492. The van der Waals surface area contributed by atoms with Crippen molar-refractivity contribution in [1.29, 1.82) is 0 Å². The lowest BCUT2D eigenvalue weighted by Crippen LogP contribution is -2.36. The molecule has 0 unspecified atom stereocenters. The van der Waals surface area contributed by atoms with Crippen molar-refractivity contribution in [2.75, 3.05) is 7.11 Å². The van der Waals surface area contributed by atoms with Crippen LogP contribution in [0.5, 0.6) is 0 Å². The van der Waals surface area contributed by atoms with Gasteiger partial charge in [-0.3, -0.25) is 4.79 Å². The fourth-order valence-corrected chi connectivity index (χ4v) is 2.59. The molecule has 0 amide bonds. The lowest BCUT2D eigenvalue weighted by atomic mass is 9.54. The summed E-state index contributed by atoms with van der Waals surface area (Å²) >= 11 is 0. The van der Waals surface area contributed by atoms with Crippen molar-refractivity contribution in [3.63, 3.8) is 0 Å². The number of benzene rings is 1. The summed E-state index contributed by atoms with van der Waals surface area (Å²) in [5.74, 6) is -0.213. The first-order chi connectivity index (χ1) is 9.25. The molecule has 108 valence electrons. The summed E-state index contributed by atoms with van der Waals surface area (Å²) in [6, 6.07) is 8.06. The largest absolute Gasteiger partial charge is 0.469 e. The van der Waals surface area contributed by atoms with E-state index < -0.39 is 0 Å². The topological polar surface area (TPSA) is 35.5 Å². The Morgan fingerprint density at radius 2 is 2.05 bits per heavy atom. The van der Waals surface area contributed by atoms with Gasteiger partial charge in [0.1, 0.15) is 0 Å². The summed E-state index contributed by atoms with van der Waals surface area (Å²) in [6.07, 6.45) is 1.30. The van der Waals surface area contributed by atoms with E-state index >= 15 is 0 Å². The molecule has 1 aliphatic heterocycles. The van der Waals surface area contributed by atoms with Gasteiger partial charge in [0.05, 0.1) is 19.1 Å². The third kappa shape index (κ3) is 2.90. The highest BCUT2D eigenvalue weighted by molar-refractivity contribution is 6.68. The smallest absolute Gasteiger partial charge is 0.327 e. The normalized spacial score (nSPS) is 19.9. The van der Waals surface area contributed by atoms with Gasteiger partial charge in [0.15, 0.2) is 0 Å². The van der Waals surface area contributed by atoms with Gasteiger partial charge in [-0.2, -0.15) is 0 Å². The summed E-state index contributed by atoms with van der Waals surface area (Å²) < 4.78 is 10.9. The predicted octanol–water partition coefficient (Wildman–Crippen LogP) is 2.44. The van der Waals surface area contributed by atoms with Gasteiger partial charge in [0.2, 0.25) is 0 Å². The number of rotatable bonds is 3. The Morgan fingerprint density at radius 1 is 1.35 bits per heavy atom. The molecule has 2 rings (SSSR count). The molecule has 1 saturated heterocycles. The molecule has 1 aromatic rings. The molecular formula is C16H23BO3. The van der Waals surface area contributed by atoms with Crippen molar-refractivity contribution >= 4 is 18.3 Å². The standard InChI is InChI=1S/C16H23BO3/c1-15(2)11-17(20-16(15,3)4)13-8-6-7-12(9-13)10-14(18)19-5/h6-9H,10-11H2,1-5H3. The maximum absolute atomic E-state index is 11.4. The lowest BCUT2D eigenvalue weighted by molar-refractivity contribution is -0.139. The van der Waals surface area contributed by atoms with Crippen LogP contribution in [0.1, 0.15) is 33.3 Å². The van der Waals surface area contributed by atoms with Gasteiger partial charge >= 0.3 is 12.9 Å². The predicted molar refractivity (Wildman–Crippen MR) is 81.3 cm³/mol. The van der Waals surface area contributed by atoms with E-state index in [9.17, 15) is 4.79 Å². The highest BCUT2D eigenvalue weighted by atomic mass is 16.5. The van der Waals surface area contributed by atoms with Gasteiger partial charge in [-0.05, 0) is 36.6 Å². The van der Waals surface area contributed by atoms with Crippen LogP contribution < -0.4 is 5.46 Å². The van der Waals surface area contributed by atoms with Gasteiger partial charge in [-0.15, -0.1) is 0 Å². The summed E-state index contributed by atoms with van der Waals surface area (Å²) in [6.45, 7) is 8.87. The maximum Gasteiger partial charge on any atom is 0.327 e. The molecule has 0 saturated carbocycles. The molecule has 0 bridgehead atoms. The van der Waals surface area contributed by atoms with E-state index in [0.717, 1.165) is 17.3 Å². The van der Waals surface area contributed by atoms with E-state index in [1.807, 2.05) is 12.1 Å². The second-order valence-electron chi connectivity index (χ2n) is 6.70. The van der Waals surface area contributed by atoms with Crippen molar-refractivity contribution in [3.05, 3.63) is 29.8 Å². The number of carbonyl (C=O) groups is 1. The summed E-state index contributed by atoms with van der Waals surface area (Å²) in [5, 5.41) is 0. The van der Waals surface area contributed by atoms with Gasteiger partial charge in [-0.1, -0.05) is 38.1 Å². The zero-order valence-corrected chi connectivity index (χ0v) is 13.0. The van der Waals surface area contributed by atoms with E-state index in [1.54, 1.807) is 0 Å². The molecule has 0 N–H and O–H groups in total. The van der Waals surface area contributed by atoms with Crippen molar-refractivity contribution in [2.24, 2.45) is 5.41 Å². The van der Waals surface area contributed by atoms with Crippen LogP contribution in [0.4, 0.5) is 0 Å². The van der Waals surface area contributed by atoms with Gasteiger partial charge in [-0.25, -0.2) is 0 Å². The van der Waals surface area contributed by atoms with E-state index in [0.29, 0.717) is 6.42 Å². The number of ether oxygens (including phenoxy) is 1. The minimum Gasteiger partial charge on any atom is -0.469 e. The van der Waals surface area contributed by atoms with Crippen LogP contribution in [0.2, 0.25) is 6.32 Å². The summed E-state index contributed by atoms with van der Waals surface area (Å²) in [4.78, 5) is 11.4. The average Bonchev–Trinajstić information content (AvgIpc) is 2.59. The Balaban J connectivity index is 2.19. The summed E-state index contributed by atoms with van der Waals surface area (Å²) in [7, 11) is 1.41. The van der Waals surface area contributed by atoms with Gasteiger partial charge in [0.25, 0.3) is 0 Å². The van der Waals surface area contributed by atoms with Crippen LogP contribution in [0.25, 0.3) is 0 Å². The molecular weight excluding hydrogens is 251 g/mol. The molecule has 3 nitrogen and oxygen atoms in total. The van der Waals surface area contributed by atoms with Gasteiger partial charge < -0.3 is 9.39 Å². The summed E-state index contributed by atoms with van der Waals surface area (Å²) in [5.41, 5.74) is 2.11. The number of hydrogen-bond donors (Lipinski definition) is 0. The quantitative estimate of drug-likeness (QED) is 0.627. The first-order valence-corrected chi connectivity index (χ1v) is 7.09. The first-order valence-electron chi connectivity index (χ1n) is 7.09. The van der Waals surface area contributed by atoms with E-state index in [4.69, 9.17) is 9.39 Å². The second kappa shape index (κ2) is 5.25. The molecule has 1 heterocycles. The second-order valence-corrected chi connectivity index (χ2v) is 6.70. The van der Waals surface area contributed by atoms with E-state index in [-0.39, 0.29) is 23.9 Å². The number of carbonyl (C=O) groups excluding carboxylic acids is 1. The Kier molecular flexibility index (Phi) is 3.96. The van der Waals surface area contributed by atoms with Crippen LogP contribution in [0.3, 0.4) is 0 Å². The third-order valence-electron chi connectivity index (χ3n) is 4.66. The highest BCUT2D eigenvalue weighted by Crippen LogP contribution is 2.45. The molecule has 0 aromatic heterocycles. The van der Waals surface area contributed by atoms with E-state index in [1.165, 1.54) is 7.11 Å². The van der Waals surface area contributed by atoms with Crippen LogP contribution >= 0.6 is 0 Å². The molecule has 0 radical (unpaired) electrons. The number of esters is 1. The first kappa shape index (κ1) is 15.1. The highest BCUT2D eigenvalue weighted by Gasteiger charge is 2.49. The molecule has 1 aliphatic rings. The van der Waals surface area contributed by atoms with Gasteiger partial charge in [0, 0.05) is 0 Å². The zero-order chi connectivity index (χ0) is 15.0. The van der Waals surface area contributed by atoms with Crippen molar-refractivity contribution < 1.29 is 14.2 Å². The van der Waals surface area contributed by atoms with Crippen LogP contribution in [-0.4, -0.2) is 25.6 Å². The molecule has 1 aromatic carbocycles. The minimum absolute atomic E-state index is 0.0950. The van der Waals surface area contributed by atoms with E-state index in [2.05, 4.69) is 39.8 Å². The molecule has 0 atom stereocenters. The molecule has 4 heteroatoms. The average molecular weight is 274 g/mol. The third-order valence-corrected chi connectivity index (χ3v) is 4.66. The number of methoxy groups -OCH3 is 1. The maximum atomic E-state index is 11.4. The Labute approximate surface area is 121 Å². The lowest BCUT2D eigenvalue weighted by Gasteiger charge is -2.34. The van der Waals surface area contributed by atoms with Crippen molar-refractivity contribution in [1.82, 2.24) is 0 Å². The fourth-order valence-electron chi connectivity index (χ4n) is 2.59. The Hall–Kier alpha value is -1.29. The Morgan fingerprint density at radius 3 is 2.60 bits per heavy atom. The van der Waals surface area contributed by atoms with Crippen molar-refractivity contribution in [2.45, 2.75) is 46.0 Å². The fraction of sp³-hybridized carbons (Fsp3) is 0.562. The molecule has 20 heavy (non-hydrogen) atoms. The molecule has 1 fully saturated rings. The van der Waals surface area contributed by atoms with Crippen LogP contribution in [0, 0.1) is 5.41 Å². The van der Waals surface area contributed by atoms with Crippen molar-refractivity contribution in [3.8, 4) is 0 Å². The monoisotopic (exact) mass is 274 g/mol. The van der Waals surface area contributed by atoms with Crippen LogP contribution in [-0.2, 0) is 20.6 Å². The molecule has 0 spiro atoms.